The van der Waals surface area contributed by atoms with E-state index in [1.807, 2.05) is 13.0 Å². The zero-order valence-electron chi connectivity index (χ0n) is 9.23. The summed E-state index contributed by atoms with van der Waals surface area (Å²) >= 11 is 0. The zero-order chi connectivity index (χ0) is 12.1. The number of ether oxygens (including phenoxy) is 1. The van der Waals surface area contributed by atoms with Crippen LogP contribution < -0.4 is 0 Å². The molecule has 0 saturated carbocycles. The van der Waals surface area contributed by atoms with E-state index in [0.29, 0.717) is 5.56 Å². The van der Waals surface area contributed by atoms with Crippen molar-refractivity contribution in [3.63, 3.8) is 0 Å². The van der Waals surface area contributed by atoms with Gasteiger partial charge in [-0.05, 0) is 18.1 Å². The average molecular weight is 222 g/mol. The lowest BCUT2D eigenvalue weighted by Gasteiger charge is -2.07. The number of phenols is 2. The summed E-state index contributed by atoms with van der Waals surface area (Å²) in [7, 11) is 1.24. The van der Waals surface area contributed by atoms with Crippen molar-refractivity contribution < 1.29 is 19.7 Å². The van der Waals surface area contributed by atoms with E-state index in [-0.39, 0.29) is 17.1 Å². The first-order valence-corrected chi connectivity index (χ1v) is 4.91. The van der Waals surface area contributed by atoms with E-state index >= 15 is 0 Å². The lowest BCUT2D eigenvalue weighted by atomic mass is 10.0. The number of rotatable bonds is 3. The normalized spacial score (nSPS) is 10.6. The number of aromatic hydroxyl groups is 2. The van der Waals surface area contributed by atoms with Crippen molar-refractivity contribution in [3.05, 3.63) is 29.3 Å². The molecule has 0 aliphatic heterocycles. The minimum atomic E-state index is -0.631. The second kappa shape index (κ2) is 5.21. The lowest BCUT2D eigenvalue weighted by Crippen LogP contribution is -2.04. The van der Waals surface area contributed by atoms with Crippen molar-refractivity contribution in [3.8, 4) is 11.5 Å². The molecule has 0 spiro atoms. The largest absolute Gasteiger partial charge is 0.508 e. The maximum atomic E-state index is 11.4. The van der Waals surface area contributed by atoms with Crippen LogP contribution in [0.1, 0.15) is 29.3 Å². The summed E-state index contributed by atoms with van der Waals surface area (Å²) in [6, 6.07) is 2.51. The van der Waals surface area contributed by atoms with Gasteiger partial charge in [-0.3, -0.25) is 0 Å². The van der Waals surface area contributed by atoms with Crippen molar-refractivity contribution in [1.29, 1.82) is 0 Å². The molecule has 0 radical (unpaired) electrons. The van der Waals surface area contributed by atoms with Crippen molar-refractivity contribution in [2.75, 3.05) is 7.11 Å². The van der Waals surface area contributed by atoms with Gasteiger partial charge in [0.05, 0.1) is 7.11 Å². The molecule has 0 saturated heterocycles. The lowest BCUT2D eigenvalue weighted by molar-refractivity contribution is 0.0597. The Balaban J connectivity index is 3.32. The highest BCUT2D eigenvalue weighted by atomic mass is 16.5. The standard InChI is InChI=1S/C12H14O4/c1-3-4-5-8-6-9(13)7-10(14)11(8)12(15)16-2/h4-7,13-14H,3H2,1-2H3/b5-4+. The Morgan fingerprint density at radius 2 is 2.12 bits per heavy atom. The van der Waals surface area contributed by atoms with Crippen LogP contribution >= 0.6 is 0 Å². The Hall–Kier alpha value is -1.97. The molecule has 0 heterocycles. The molecule has 0 amide bonds. The van der Waals surface area contributed by atoms with Gasteiger partial charge >= 0.3 is 5.97 Å². The number of esters is 1. The molecule has 0 bridgehead atoms. The maximum absolute atomic E-state index is 11.4. The van der Waals surface area contributed by atoms with E-state index in [1.165, 1.54) is 13.2 Å². The molecular weight excluding hydrogens is 208 g/mol. The first-order chi connectivity index (χ1) is 7.60. The van der Waals surface area contributed by atoms with Crippen LogP contribution in [0.5, 0.6) is 11.5 Å². The summed E-state index contributed by atoms with van der Waals surface area (Å²) in [6.07, 6.45) is 4.27. The van der Waals surface area contributed by atoms with E-state index < -0.39 is 5.97 Å². The molecule has 0 aromatic heterocycles. The number of carbonyl (C=O) groups excluding carboxylic acids is 1. The number of hydrogen-bond donors (Lipinski definition) is 2. The van der Waals surface area contributed by atoms with E-state index in [1.54, 1.807) is 6.08 Å². The molecule has 2 N–H and O–H groups in total. The Bertz CT molecular complexity index is 421. The Morgan fingerprint density at radius 3 is 2.69 bits per heavy atom. The van der Waals surface area contributed by atoms with Crippen molar-refractivity contribution >= 4 is 12.0 Å². The number of methoxy groups -OCH3 is 1. The molecule has 0 aliphatic carbocycles. The van der Waals surface area contributed by atoms with Crippen LogP contribution in [0.15, 0.2) is 18.2 Å². The zero-order valence-corrected chi connectivity index (χ0v) is 9.23. The predicted molar refractivity (Wildman–Crippen MR) is 60.4 cm³/mol. The highest BCUT2D eigenvalue weighted by Gasteiger charge is 2.16. The molecule has 86 valence electrons. The van der Waals surface area contributed by atoms with Gasteiger partial charge in [0.15, 0.2) is 0 Å². The van der Waals surface area contributed by atoms with Gasteiger partial charge in [0.2, 0.25) is 0 Å². The summed E-state index contributed by atoms with van der Waals surface area (Å²) in [4.78, 5) is 11.4. The Morgan fingerprint density at radius 1 is 1.44 bits per heavy atom. The molecule has 0 atom stereocenters. The number of allylic oxidation sites excluding steroid dienone is 1. The molecule has 0 fully saturated rings. The summed E-state index contributed by atoms with van der Waals surface area (Å²) < 4.78 is 4.56. The van der Waals surface area contributed by atoms with Gasteiger partial charge < -0.3 is 14.9 Å². The minimum Gasteiger partial charge on any atom is -0.508 e. The molecule has 1 aromatic rings. The Kier molecular flexibility index (Phi) is 3.94. The third-order valence-electron chi connectivity index (χ3n) is 2.06. The minimum absolute atomic E-state index is 0.0602. The van der Waals surface area contributed by atoms with Crippen LogP contribution in [-0.2, 0) is 4.74 Å². The van der Waals surface area contributed by atoms with Crippen molar-refractivity contribution in [2.45, 2.75) is 13.3 Å². The number of carbonyl (C=O) groups is 1. The van der Waals surface area contributed by atoms with E-state index in [9.17, 15) is 15.0 Å². The van der Waals surface area contributed by atoms with Crippen LogP contribution in [-0.4, -0.2) is 23.3 Å². The van der Waals surface area contributed by atoms with E-state index in [0.717, 1.165) is 12.5 Å². The van der Waals surface area contributed by atoms with Gasteiger partial charge in [0, 0.05) is 6.07 Å². The molecule has 1 aromatic carbocycles. The smallest absolute Gasteiger partial charge is 0.342 e. The Labute approximate surface area is 93.8 Å². The monoisotopic (exact) mass is 222 g/mol. The fraction of sp³-hybridized carbons (Fsp3) is 0.250. The molecule has 4 heteroatoms. The SMILES string of the molecule is CC/C=C/c1cc(O)cc(O)c1C(=O)OC. The van der Waals surface area contributed by atoms with Gasteiger partial charge in [-0.15, -0.1) is 0 Å². The van der Waals surface area contributed by atoms with Gasteiger partial charge in [0.25, 0.3) is 0 Å². The number of phenolic OH excluding ortho intramolecular Hbond substituents is 2. The molecule has 4 nitrogen and oxygen atoms in total. The second-order valence-corrected chi connectivity index (χ2v) is 3.23. The quantitative estimate of drug-likeness (QED) is 0.770. The topological polar surface area (TPSA) is 66.8 Å². The van der Waals surface area contributed by atoms with E-state index in [4.69, 9.17) is 0 Å². The van der Waals surface area contributed by atoms with Crippen LogP contribution in [0, 0.1) is 0 Å². The summed E-state index contributed by atoms with van der Waals surface area (Å²) in [5.74, 6) is -1.02. The van der Waals surface area contributed by atoms with Crippen LogP contribution in [0.2, 0.25) is 0 Å². The first-order valence-electron chi connectivity index (χ1n) is 4.91. The number of benzene rings is 1. The first kappa shape index (κ1) is 12.1. The third-order valence-corrected chi connectivity index (χ3v) is 2.06. The van der Waals surface area contributed by atoms with Crippen LogP contribution in [0.25, 0.3) is 6.08 Å². The molecular formula is C12H14O4. The van der Waals surface area contributed by atoms with Gasteiger partial charge in [-0.1, -0.05) is 19.1 Å². The van der Waals surface area contributed by atoms with Gasteiger partial charge in [-0.25, -0.2) is 4.79 Å². The molecule has 0 aliphatic rings. The molecule has 1 rings (SSSR count). The fourth-order valence-corrected chi connectivity index (χ4v) is 1.33. The molecule has 0 unspecified atom stereocenters. The summed E-state index contributed by atoms with van der Waals surface area (Å²) in [5.41, 5.74) is 0.496. The van der Waals surface area contributed by atoms with Crippen LogP contribution in [0.4, 0.5) is 0 Å². The van der Waals surface area contributed by atoms with Crippen molar-refractivity contribution in [1.82, 2.24) is 0 Å². The summed E-state index contributed by atoms with van der Waals surface area (Å²) in [5, 5.41) is 18.9. The summed E-state index contributed by atoms with van der Waals surface area (Å²) in [6.45, 7) is 1.94. The predicted octanol–water partition coefficient (Wildman–Crippen LogP) is 2.31. The second-order valence-electron chi connectivity index (χ2n) is 3.23. The molecule has 16 heavy (non-hydrogen) atoms. The van der Waals surface area contributed by atoms with Gasteiger partial charge in [-0.2, -0.15) is 0 Å². The van der Waals surface area contributed by atoms with Crippen molar-refractivity contribution in [2.24, 2.45) is 0 Å². The van der Waals surface area contributed by atoms with E-state index in [2.05, 4.69) is 4.74 Å². The van der Waals surface area contributed by atoms with Gasteiger partial charge in [0.1, 0.15) is 17.1 Å². The van der Waals surface area contributed by atoms with Crippen LogP contribution in [0.3, 0.4) is 0 Å². The highest BCUT2D eigenvalue weighted by molar-refractivity contribution is 5.96. The maximum Gasteiger partial charge on any atom is 0.342 e. The average Bonchev–Trinajstić information content (AvgIpc) is 2.24. The third kappa shape index (κ3) is 2.53. The fourth-order valence-electron chi connectivity index (χ4n) is 1.33. The highest BCUT2D eigenvalue weighted by Crippen LogP contribution is 2.28. The number of hydrogen-bond acceptors (Lipinski definition) is 4.